The van der Waals surface area contributed by atoms with Crippen LogP contribution in [0.2, 0.25) is 0 Å². The molecular weight excluding hydrogens is 316 g/mol. The second-order valence-electron chi connectivity index (χ2n) is 7.81. The smallest absolute Gasteiger partial charge is 0.157 e. The summed E-state index contributed by atoms with van der Waals surface area (Å²) in [5, 5.41) is 7.56. The van der Waals surface area contributed by atoms with Gasteiger partial charge in [0.15, 0.2) is 6.23 Å². The van der Waals surface area contributed by atoms with Crippen molar-refractivity contribution in [1.29, 1.82) is 0 Å². The van der Waals surface area contributed by atoms with Crippen molar-refractivity contribution in [1.82, 2.24) is 10.6 Å². The van der Waals surface area contributed by atoms with Crippen molar-refractivity contribution in [3.05, 3.63) is 35.1 Å². The Balaban J connectivity index is 1.40. The van der Waals surface area contributed by atoms with Gasteiger partial charge in [0, 0.05) is 33.8 Å². The van der Waals surface area contributed by atoms with Gasteiger partial charge in [0.1, 0.15) is 5.76 Å². The van der Waals surface area contributed by atoms with Gasteiger partial charge in [-0.2, -0.15) is 0 Å². The van der Waals surface area contributed by atoms with Crippen LogP contribution in [0.4, 0.5) is 0 Å². The minimum atomic E-state index is -2.03. The predicted octanol–water partition coefficient (Wildman–Crippen LogP) is 3.56. The zero-order valence-corrected chi connectivity index (χ0v) is 14.9. The maximum atomic E-state index is 7.70. The van der Waals surface area contributed by atoms with Crippen LogP contribution in [0.15, 0.2) is 35.1 Å². The van der Waals surface area contributed by atoms with Crippen molar-refractivity contribution >= 4 is 11.8 Å². The first-order valence-electron chi connectivity index (χ1n) is 10.8. The number of hydrogen-bond donors (Lipinski definition) is 2. The standard InChI is InChI=1S/C20H28N2OS/c1-11-10-24-20-13(11)8-9-17(22-20)16-5-3-4-14-15-7-6-12(2)21-19(15)23-18(14)16/h6-8,11-12,14-15,17,19-22H,3-5,9-10H2,1-2H3/t11-,12+,14-,15?,17+,19-,20?/m0/s1/i2D3. The lowest BCUT2D eigenvalue weighted by Crippen LogP contribution is -2.42. The molecule has 4 aliphatic heterocycles. The number of rotatable bonds is 1. The topological polar surface area (TPSA) is 33.3 Å². The Bertz CT molecular complexity index is 717. The zero-order valence-electron chi connectivity index (χ0n) is 17.1. The number of fused-ring (bicyclic) bond motifs is 4. The van der Waals surface area contributed by atoms with Crippen LogP contribution in [0.25, 0.3) is 0 Å². The van der Waals surface area contributed by atoms with E-state index in [9.17, 15) is 0 Å². The van der Waals surface area contributed by atoms with E-state index in [2.05, 4.69) is 29.7 Å². The highest BCUT2D eigenvalue weighted by atomic mass is 32.2. The monoisotopic (exact) mass is 347 g/mol. The van der Waals surface area contributed by atoms with Crippen LogP contribution in [0.3, 0.4) is 0 Å². The van der Waals surface area contributed by atoms with Gasteiger partial charge in [0.05, 0.1) is 5.37 Å². The summed E-state index contributed by atoms with van der Waals surface area (Å²) < 4.78 is 29.5. The van der Waals surface area contributed by atoms with E-state index in [0.29, 0.717) is 23.3 Å². The van der Waals surface area contributed by atoms with Gasteiger partial charge in [0.25, 0.3) is 0 Å². The molecule has 0 spiro atoms. The summed E-state index contributed by atoms with van der Waals surface area (Å²) in [6.07, 6.45) is 10.6. The van der Waals surface area contributed by atoms with Crippen LogP contribution in [-0.2, 0) is 4.74 Å². The Labute approximate surface area is 153 Å². The summed E-state index contributed by atoms with van der Waals surface area (Å²) in [6.45, 7) is 0.293. The Morgan fingerprint density at radius 2 is 2.29 bits per heavy atom. The molecule has 0 aromatic heterocycles. The molecule has 130 valence electrons. The highest BCUT2D eigenvalue weighted by Crippen LogP contribution is 2.47. The second-order valence-corrected chi connectivity index (χ2v) is 8.94. The molecule has 0 saturated carbocycles. The van der Waals surface area contributed by atoms with E-state index < -0.39 is 12.9 Å². The number of hydrogen-bond acceptors (Lipinski definition) is 4. The molecule has 5 aliphatic rings. The minimum Gasteiger partial charge on any atom is -0.479 e. The molecule has 0 amide bonds. The molecule has 2 unspecified atom stereocenters. The van der Waals surface area contributed by atoms with Crippen LogP contribution in [0, 0.1) is 17.8 Å². The first kappa shape index (κ1) is 12.6. The van der Waals surface area contributed by atoms with Crippen molar-refractivity contribution in [2.75, 3.05) is 5.75 Å². The summed E-state index contributed by atoms with van der Waals surface area (Å²) in [7, 11) is 0. The molecule has 4 heterocycles. The molecule has 2 saturated heterocycles. The molecule has 0 radical (unpaired) electrons. The predicted molar refractivity (Wildman–Crippen MR) is 99.5 cm³/mol. The Kier molecular flexibility index (Phi) is 3.11. The first-order chi connectivity index (χ1) is 12.9. The Hall–Kier alpha value is -0.710. The van der Waals surface area contributed by atoms with Gasteiger partial charge in [0.2, 0.25) is 0 Å². The van der Waals surface area contributed by atoms with Crippen molar-refractivity contribution in [2.45, 2.75) is 63.1 Å². The Morgan fingerprint density at radius 3 is 3.21 bits per heavy atom. The number of nitrogens with one attached hydrogen (secondary N) is 2. The van der Waals surface area contributed by atoms with Crippen molar-refractivity contribution in [2.24, 2.45) is 17.8 Å². The molecule has 5 rings (SSSR count). The third kappa shape index (κ3) is 2.41. The van der Waals surface area contributed by atoms with Crippen LogP contribution >= 0.6 is 11.8 Å². The normalized spacial score (nSPS) is 49.3. The third-order valence-electron chi connectivity index (χ3n) is 6.30. The first-order valence-corrected chi connectivity index (χ1v) is 10.4. The third-order valence-corrected chi connectivity index (χ3v) is 7.73. The lowest BCUT2D eigenvalue weighted by atomic mass is 9.77. The minimum absolute atomic E-state index is 0.205. The highest BCUT2D eigenvalue weighted by Gasteiger charge is 2.46. The fraction of sp³-hybridized carbons (Fsp3) is 0.700. The van der Waals surface area contributed by atoms with E-state index in [1.165, 1.54) is 17.7 Å². The molecule has 0 aromatic carbocycles. The van der Waals surface area contributed by atoms with Gasteiger partial charge in [-0.05, 0) is 49.6 Å². The number of allylic oxidation sites excluding steroid dienone is 1. The van der Waals surface area contributed by atoms with Gasteiger partial charge < -0.3 is 4.74 Å². The van der Waals surface area contributed by atoms with E-state index in [0.717, 1.165) is 25.0 Å². The van der Waals surface area contributed by atoms with Gasteiger partial charge in [-0.3, -0.25) is 10.6 Å². The molecule has 3 nitrogen and oxygen atoms in total. The van der Waals surface area contributed by atoms with E-state index in [4.69, 9.17) is 8.85 Å². The highest BCUT2D eigenvalue weighted by molar-refractivity contribution is 8.00. The van der Waals surface area contributed by atoms with Crippen LogP contribution in [-0.4, -0.2) is 29.4 Å². The van der Waals surface area contributed by atoms with E-state index in [1.54, 1.807) is 5.57 Å². The summed E-state index contributed by atoms with van der Waals surface area (Å²) in [5.41, 5.74) is 3.00. The molecule has 0 bridgehead atoms. The van der Waals surface area contributed by atoms with E-state index >= 15 is 0 Å². The quantitative estimate of drug-likeness (QED) is 0.711. The van der Waals surface area contributed by atoms with Crippen molar-refractivity contribution in [3.63, 3.8) is 0 Å². The SMILES string of the molecule is [2H]C([2H])([2H])[C@@H]1C=CC2[C@@H]3CCCC([C@H]4CC=C5C(N4)SC[C@@H]5C)=C3O[C@@H]2N1. The maximum absolute atomic E-state index is 7.70. The van der Waals surface area contributed by atoms with Gasteiger partial charge in [-0.1, -0.05) is 25.2 Å². The Morgan fingerprint density at radius 1 is 1.33 bits per heavy atom. The molecule has 4 heteroatoms. The van der Waals surface area contributed by atoms with Crippen LogP contribution in [0.1, 0.15) is 43.6 Å². The molecule has 2 N–H and O–H groups in total. The average Bonchev–Trinajstić information content (AvgIpc) is 3.20. The lowest BCUT2D eigenvalue weighted by Gasteiger charge is -2.33. The molecular formula is C20H28N2OS. The fourth-order valence-electron chi connectivity index (χ4n) is 5.05. The maximum Gasteiger partial charge on any atom is 0.157 e. The summed E-state index contributed by atoms with van der Waals surface area (Å²) in [6, 6.07) is -0.255. The molecule has 2 fully saturated rings. The number of thioether (sulfide) groups is 1. The average molecular weight is 348 g/mol. The summed E-state index contributed by atoms with van der Waals surface area (Å²) >= 11 is 2.02. The van der Waals surface area contributed by atoms with Crippen molar-refractivity contribution < 1.29 is 8.85 Å². The molecule has 7 atom stereocenters. The molecule has 1 aliphatic carbocycles. The second kappa shape index (κ2) is 5.93. The van der Waals surface area contributed by atoms with Crippen LogP contribution in [0.5, 0.6) is 0 Å². The molecule has 0 aromatic rings. The molecule has 24 heavy (non-hydrogen) atoms. The van der Waals surface area contributed by atoms with Gasteiger partial charge >= 0.3 is 0 Å². The fourth-order valence-corrected chi connectivity index (χ4v) is 6.51. The zero-order chi connectivity index (χ0) is 18.8. The number of ether oxygens (including phenoxy) is 1. The van der Waals surface area contributed by atoms with Crippen LogP contribution < -0.4 is 10.6 Å². The van der Waals surface area contributed by atoms with Gasteiger partial charge in [-0.25, -0.2) is 0 Å². The summed E-state index contributed by atoms with van der Waals surface area (Å²) in [5.74, 6) is 3.68. The van der Waals surface area contributed by atoms with E-state index in [-0.39, 0.29) is 12.1 Å². The largest absolute Gasteiger partial charge is 0.479 e. The van der Waals surface area contributed by atoms with Gasteiger partial charge in [-0.15, -0.1) is 11.8 Å². The van der Waals surface area contributed by atoms with E-state index in [1.807, 2.05) is 17.8 Å². The van der Waals surface area contributed by atoms with Crippen molar-refractivity contribution in [3.8, 4) is 0 Å². The lowest BCUT2D eigenvalue weighted by molar-refractivity contribution is 0.0964. The summed E-state index contributed by atoms with van der Waals surface area (Å²) in [4.78, 5) is 0.